The summed E-state index contributed by atoms with van der Waals surface area (Å²) >= 11 is 0. The number of benzene rings is 1. The fraction of sp³-hybridized carbons (Fsp3) is 0.440. The van der Waals surface area contributed by atoms with Crippen LogP contribution in [0.2, 0.25) is 0 Å². The normalized spacial score (nSPS) is 24.1. The van der Waals surface area contributed by atoms with Crippen molar-refractivity contribution in [2.45, 2.75) is 57.3 Å². The fourth-order valence-electron chi connectivity index (χ4n) is 5.08. The van der Waals surface area contributed by atoms with Gasteiger partial charge < -0.3 is 9.88 Å². The number of carbonyl (C=O) groups is 1. The number of carbonyl (C=O) groups excluding carboxylic acids is 1. The van der Waals surface area contributed by atoms with Gasteiger partial charge in [0.15, 0.2) is 0 Å². The summed E-state index contributed by atoms with van der Waals surface area (Å²) < 4.78 is 1.92. The van der Waals surface area contributed by atoms with Crippen LogP contribution in [0.5, 0.6) is 0 Å². The van der Waals surface area contributed by atoms with E-state index < -0.39 is 0 Å². The molecule has 33 heavy (non-hydrogen) atoms. The number of hydrogen-bond acceptors (Lipinski definition) is 6. The summed E-state index contributed by atoms with van der Waals surface area (Å²) in [6.07, 6.45) is 6.02. The molecule has 3 aromatic rings. The van der Waals surface area contributed by atoms with Gasteiger partial charge in [-0.15, -0.1) is 10.2 Å². The van der Waals surface area contributed by atoms with Crippen LogP contribution in [0.25, 0.3) is 0 Å². The minimum Gasteiger partial charge on any atom is -0.321 e. The van der Waals surface area contributed by atoms with Gasteiger partial charge in [0, 0.05) is 36.2 Å². The third-order valence-corrected chi connectivity index (χ3v) is 6.81. The highest BCUT2D eigenvalue weighted by Gasteiger charge is 2.53. The molecule has 8 nitrogen and oxygen atoms in total. The van der Waals surface area contributed by atoms with Crippen molar-refractivity contribution < 1.29 is 4.79 Å². The average molecular weight is 442 g/mol. The first-order chi connectivity index (χ1) is 15.8. The zero-order chi connectivity index (χ0) is 23.2. The molecule has 2 aliphatic rings. The second-order valence-electron chi connectivity index (χ2n) is 9.90. The van der Waals surface area contributed by atoms with E-state index in [0.29, 0.717) is 23.7 Å². The van der Waals surface area contributed by atoms with E-state index in [-0.39, 0.29) is 16.7 Å². The van der Waals surface area contributed by atoms with Crippen molar-refractivity contribution in [2.75, 3.05) is 5.32 Å². The molecule has 1 aromatic carbocycles. The van der Waals surface area contributed by atoms with Crippen LogP contribution in [0.1, 0.15) is 71.9 Å². The van der Waals surface area contributed by atoms with Crippen molar-refractivity contribution in [3.63, 3.8) is 0 Å². The van der Waals surface area contributed by atoms with Crippen LogP contribution >= 0.6 is 0 Å². The summed E-state index contributed by atoms with van der Waals surface area (Å²) in [6, 6.07) is 12.1. The van der Waals surface area contributed by atoms with Gasteiger partial charge in [0.2, 0.25) is 0 Å². The lowest BCUT2D eigenvalue weighted by Crippen LogP contribution is -2.49. The zero-order valence-electron chi connectivity index (χ0n) is 19.2. The zero-order valence-corrected chi connectivity index (χ0v) is 19.2. The SMILES string of the molecule is Cc1cc(C(=O)Nc2cccc(C3(Cc4nncn4C)CC(C)(C#N)C3)c2)nc(C2CC2)n1. The molecule has 0 unspecified atom stereocenters. The summed E-state index contributed by atoms with van der Waals surface area (Å²) in [6.45, 7) is 3.90. The van der Waals surface area contributed by atoms with Gasteiger partial charge in [-0.25, -0.2) is 9.97 Å². The first-order valence-electron chi connectivity index (χ1n) is 11.3. The number of hydrogen-bond donors (Lipinski definition) is 1. The molecular formula is C25H27N7O. The molecule has 0 radical (unpaired) electrons. The lowest BCUT2D eigenvalue weighted by Gasteiger charge is -2.51. The molecule has 2 heterocycles. The van der Waals surface area contributed by atoms with Crippen LogP contribution in [0.15, 0.2) is 36.7 Å². The lowest BCUT2D eigenvalue weighted by molar-refractivity contribution is 0.0890. The Morgan fingerprint density at radius 2 is 2.06 bits per heavy atom. The molecule has 1 N–H and O–H groups in total. The lowest BCUT2D eigenvalue weighted by atomic mass is 9.50. The molecule has 5 rings (SSSR count). The molecule has 0 saturated heterocycles. The number of amides is 1. The molecular weight excluding hydrogens is 414 g/mol. The van der Waals surface area contributed by atoms with Crippen LogP contribution in [0, 0.1) is 23.7 Å². The molecule has 0 atom stereocenters. The Bertz CT molecular complexity index is 1260. The van der Waals surface area contributed by atoms with Crippen molar-refractivity contribution in [1.29, 1.82) is 5.26 Å². The topological polar surface area (TPSA) is 109 Å². The minimum atomic E-state index is -0.366. The summed E-state index contributed by atoms with van der Waals surface area (Å²) in [5, 5.41) is 20.9. The average Bonchev–Trinajstić information content (AvgIpc) is 3.55. The van der Waals surface area contributed by atoms with E-state index in [1.54, 1.807) is 12.4 Å². The number of nitrogens with one attached hydrogen (secondary N) is 1. The predicted octanol–water partition coefficient (Wildman–Crippen LogP) is 3.85. The van der Waals surface area contributed by atoms with Gasteiger partial charge in [0.05, 0.1) is 11.5 Å². The fourth-order valence-corrected chi connectivity index (χ4v) is 5.08. The van der Waals surface area contributed by atoms with Gasteiger partial charge in [-0.2, -0.15) is 5.26 Å². The number of anilines is 1. The number of aryl methyl sites for hydroxylation is 2. The summed E-state index contributed by atoms with van der Waals surface area (Å²) in [7, 11) is 1.93. The van der Waals surface area contributed by atoms with E-state index in [2.05, 4.69) is 37.6 Å². The smallest absolute Gasteiger partial charge is 0.274 e. The van der Waals surface area contributed by atoms with E-state index in [1.807, 2.05) is 43.7 Å². The van der Waals surface area contributed by atoms with E-state index in [1.165, 1.54) is 0 Å². The molecule has 8 heteroatoms. The molecule has 2 saturated carbocycles. The largest absolute Gasteiger partial charge is 0.321 e. The Balaban J connectivity index is 1.41. The van der Waals surface area contributed by atoms with Crippen molar-refractivity contribution in [3.8, 4) is 6.07 Å². The molecule has 0 spiro atoms. The Morgan fingerprint density at radius 1 is 1.27 bits per heavy atom. The Kier molecular flexibility index (Phi) is 5.00. The maximum atomic E-state index is 13.0. The van der Waals surface area contributed by atoms with E-state index in [0.717, 1.165) is 48.6 Å². The highest BCUT2D eigenvalue weighted by molar-refractivity contribution is 6.03. The van der Waals surface area contributed by atoms with Gasteiger partial charge >= 0.3 is 0 Å². The summed E-state index contributed by atoms with van der Waals surface area (Å²) in [4.78, 5) is 22.0. The maximum absolute atomic E-state index is 13.0. The van der Waals surface area contributed by atoms with E-state index in [9.17, 15) is 10.1 Å². The standard InChI is InChI=1S/C25H27N7O/c1-16-9-20(30-22(28-16)17-7-8-17)23(33)29-19-6-4-5-18(10-19)25(12-24(2,13-25)14-26)11-21-31-27-15-32(21)3/h4-6,9-10,15,17H,7-8,11-13H2,1-3H3,(H,29,33). The van der Waals surface area contributed by atoms with Gasteiger partial charge in [-0.1, -0.05) is 12.1 Å². The van der Waals surface area contributed by atoms with E-state index in [4.69, 9.17) is 0 Å². The van der Waals surface area contributed by atoms with Crippen LogP contribution in [-0.4, -0.2) is 30.6 Å². The third-order valence-electron chi connectivity index (χ3n) is 6.81. The molecule has 0 bridgehead atoms. The number of nitriles is 1. The second-order valence-corrected chi connectivity index (χ2v) is 9.90. The highest BCUT2D eigenvalue weighted by Crippen LogP contribution is 2.57. The van der Waals surface area contributed by atoms with E-state index >= 15 is 0 Å². The molecule has 2 fully saturated rings. The predicted molar refractivity (Wildman–Crippen MR) is 122 cm³/mol. The third kappa shape index (κ3) is 4.11. The highest BCUT2D eigenvalue weighted by atomic mass is 16.1. The molecule has 168 valence electrons. The number of aromatic nitrogens is 5. The number of rotatable bonds is 6. The molecule has 2 aromatic heterocycles. The van der Waals surface area contributed by atoms with Gasteiger partial charge in [0.25, 0.3) is 5.91 Å². The summed E-state index contributed by atoms with van der Waals surface area (Å²) in [5.41, 5.74) is 2.41. The molecule has 0 aliphatic heterocycles. The maximum Gasteiger partial charge on any atom is 0.274 e. The van der Waals surface area contributed by atoms with Crippen molar-refractivity contribution in [2.24, 2.45) is 12.5 Å². The molecule has 1 amide bonds. The first kappa shape index (κ1) is 21.3. The van der Waals surface area contributed by atoms with Crippen molar-refractivity contribution in [1.82, 2.24) is 24.7 Å². The van der Waals surface area contributed by atoms with Crippen LogP contribution in [-0.2, 0) is 18.9 Å². The monoisotopic (exact) mass is 441 g/mol. The van der Waals surface area contributed by atoms with Gasteiger partial charge in [0.1, 0.15) is 23.7 Å². The van der Waals surface area contributed by atoms with Crippen molar-refractivity contribution >= 4 is 11.6 Å². The van der Waals surface area contributed by atoms with Gasteiger partial charge in [-0.3, -0.25) is 4.79 Å². The van der Waals surface area contributed by atoms with Gasteiger partial charge in [-0.05, 0) is 63.3 Å². The second kappa shape index (κ2) is 7.77. The minimum absolute atomic E-state index is 0.226. The summed E-state index contributed by atoms with van der Waals surface area (Å²) in [5.74, 6) is 1.79. The van der Waals surface area contributed by atoms with Crippen molar-refractivity contribution in [3.05, 3.63) is 65.3 Å². The Hall–Kier alpha value is -3.60. The Morgan fingerprint density at radius 3 is 2.73 bits per heavy atom. The Labute approximate surface area is 193 Å². The quantitative estimate of drug-likeness (QED) is 0.622. The van der Waals surface area contributed by atoms with Crippen LogP contribution in [0.3, 0.4) is 0 Å². The van der Waals surface area contributed by atoms with Crippen LogP contribution in [0.4, 0.5) is 5.69 Å². The first-order valence-corrected chi connectivity index (χ1v) is 11.3. The molecule has 2 aliphatic carbocycles. The van der Waals surface area contributed by atoms with Crippen LogP contribution < -0.4 is 5.32 Å². The number of nitrogens with zero attached hydrogens (tertiary/aromatic N) is 6.